The second-order valence-electron chi connectivity index (χ2n) is 8.66. The second kappa shape index (κ2) is 10.2. The summed E-state index contributed by atoms with van der Waals surface area (Å²) < 4.78 is 5.67. The number of benzene rings is 2. The number of amides is 4. The summed E-state index contributed by atoms with van der Waals surface area (Å²) >= 11 is 6.00. The van der Waals surface area contributed by atoms with Crippen molar-refractivity contribution < 1.29 is 24.2 Å². The van der Waals surface area contributed by atoms with Gasteiger partial charge in [0.15, 0.2) is 5.79 Å². The SMILES string of the molecule is CC(C)Oc1ccc(NC2(C)NC(=O)N(C[C@@H](C)C(=O)O)C(=O)N2Cc2ccc(Cl)cc2)cc1. The minimum absolute atomic E-state index is 0.0284. The van der Waals surface area contributed by atoms with Crippen molar-refractivity contribution in [1.82, 2.24) is 15.1 Å². The monoisotopic (exact) mass is 488 g/mol. The van der Waals surface area contributed by atoms with E-state index in [-0.39, 0.29) is 19.2 Å². The number of carboxylic acids is 1. The maximum atomic E-state index is 13.5. The van der Waals surface area contributed by atoms with Gasteiger partial charge < -0.3 is 15.2 Å². The molecule has 1 saturated heterocycles. The molecule has 9 nitrogen and oxygen atoms in total. The van der Waals surface area contributed by atoms with Crippen molar-refractivity contribution in [3.05, 3.63) is 59.1 Å². The minimum atomic E-state index is -1.29. The van der Waals surface area contributed by atoms with Crippen LogP contribution in [0, 0.1) is 5.92 Å². The average molecular weight is 489 g/mol. The van der Waals surface area contributed by atoms with Crippen molar-refractivity contribution >= 4 is 35.3 Å². The number of nitrogens with one attached hydrogen (secondary N) is 2. The van der Waals surface area contributed by atoms with Crippen LogP contribution < -0.4 is 15.4 Å². The van der Waals surface area contributed by atoms with Crippen LogP contribution in [0.4, 0.5) is 15.3 Å². The second-order valence-corrected chi connectivity index (χ2v) is 9.10. The number of aliphatic carboxylic acids is 1. The molecule has 10 heteroatoms. The first-order valence-corrected chi connectivity index (χ1v) is 11.3. The van der Waals surface area contributed by atoms with Crippen molar-refractivity contribution in [3.8, 4) is 5.75 Å². The smallest absolute Gasteiger partial charge is 0.331 e. The molecule has 0 bridgehead atoms. The third-order valence-electron chi connectivity index (χ3n) is 5.34. The standard InChI is InChI=1S/C24H29ClN4O5/c1-15(2)34-20-11-9-19(10-12-20)26-24(4)27-22(32)28(13-16(3)21(30)31)23(33)29(24)14-17-5-7-18(25)8-6-17/h5-12,15-16,26H,13-14H2,1-4H3,(H,27,32)(H,30,31)/t16-,24?/m1/s1. The molecule has 182 valence electrons. The molecule has 4 amide bonds. The zero-order chi connectivity index (χ0) is 25.0. The molecule has 1 fully saturated rings. The molecule has 1 unspecified atom stereocenters. The summed E-state index contributed by atoms with van der Waals surface area (Å²) in [4.78, 5) is 40.0. The molecule has 2 aromatic carbocycles. The summed E-state index contributed by atoms with van der Waals surface area (Å²) in [5.74, 6) is -2.61. The van der Waals surface area contributed by atoms with Crippen LogP contribution in [0.2, 0.25) is 5.02 Å². The molecule has 2 aromatic rings. The predicted octanol–water partition coefficient (Wildman–Crippen LogP) is 4.58. The van der Waals surface area contributed by atoms with Crippen LogP contribution in [-0.2, 0) is 11.3 Å². The fraction of sp³-hybridized carbons (Fsp3) is 0.375. The third kappa shape index (κ3) is 5.91. The zero-order valence-electron chi connectivity index (χ0n) is 19.5. The lowest BCUT2D eigenvalue weighted by Gasteiger charge is -2.48. The van der Waals surface area contributed by atoms with Crippen LogP contribution >= 0.6 is 11.6 Å². The Morgan fingerprint density at radius 3 is 2.29 bits per heavy atom. The number of carboxylic acid groups (broad SMARTS) is 1. The maximum absolute atomic E-state index is 13.5. The highest BCUT2D eigenvalue weighted by molar-refractivity contribution is 6.30. The summed E-state index contributed by atoms with van der Waals surface area (Å²) in [6.45, 7) is 6.87. The normalized spacial score (nSPS) is 19.1. The van der Waals surface area contributed by atoms with E-state index in [0.717, 1.165) is 10.5 Å². The van der Waals surface area contributed by atoms with E-state index in [2.05, 4.69) is 10.6 Å². The number of urea groups is 2. The van der Waals surface area contributed by atoms with Gasteiger partial charge in [0, 0.05) is 17.3 Å². The summed E-state index contributed by atoms with van der Waals surface area (Å²) in [5.41, 5.74) is 1.44. The first kappa shape index (κ1) is 25.2. The average Bonchev–Trinajstić information content (AvgIpc) is 2.76. The van der Waals surface area contributed by atoms with Crippen LogP contribution in [0.1, 0.15) is 33.3 Å². The quantitative estimate of drug-likeness (QED) is 0.476. The van der Waals surface area contributed by atoms with E-state index < -0.39 is 29.7 Å². The number of carbonyl (C=O) groups excluding carboxylic acids is 2. The first-order chi connectivity index (χ1) is 16.0. The van der Waals surface area contributed by atoms with Gasteiger partial charge in [-0.3, -0.25) is 15.0 Å². The Balaban J connectivity index is 1.90. The van der Waals surface area contributed by atoms with Gasteiger partial charge in [0.05, 0.1) is 18.6 Å². The van der Waals surface area contributed by atoms with Crippen molar-refractivity contribution in [2.45, 2.75) is 46.1 Å². The van der Waals surface area contributed by atoms with Crippen molar-refractivity contribution in [1.29, 1.82) is 0 Å². The largest absolute Gasteiger partial charge is 0.491 e. The molecule has 0 aliphatic carbocycles. The van der Waals surface area contributed by atoms with Crippen LogP contribution in [0.25, 0.3) is 0 Å². The van der Waals surface area contributed by atoms with E-state index in [1.54, 1.807) is 55.5 Å². The Kier molecular flexibility index (Phi) is 7.56. The van der Waals surface area contributed by atoms with Crippen molar-refractivity contribution in [2.24, 2.45) is 5.92 Å². The van der Waals surface area contributed by atoms with Crippen LogP contribution in [-0.4, -0.2) is 51.4 Å². The maximum Gasteiger partial charge on any atom is 0.331 e. The van der Waals surface area contributed by atoms with E-state index in [1.807, 2.05) is 13.8 Å². The van der Waals surface area contributed by atoms with Crippen molar-refractivity contribution in [3.63, 3.8) is 0 Å². The zero-order valence-corrected chi connectivity index (χ0v) is 20.3. The molecule has 0 radical (unpaired) electrons. The lowest BCUT2D eigenvalue weighted by Crippen LogP contribution is -2.74. The number of imide groups is 1. The van der Waals surface area contributed by atoms with Gasteiger partial charge in [-0.2, -0.15) is 0 Å². The van der Waals surface area contributed by atoms with Gasteiger partial charge in [-0.05, 0) is 62.7 Å². The predicted molar refractivity (Wildman–Crippen MR) is 129 cm³/mol. The molecule has 3 rings (SSSR count). The van der Waals surface area contributed by atoms with Gasteiger partial charge in [0.25, 0.3) is 0 Å². The highest BCUT2D eigenvalue weighted by atomic mass is 35.5. The Bertz CT molecular complexity index is 1040. The molecular weight excluding hydrogens is 460 g/mol. The highest BCUT2D eigenvalue weighted by Crippen LogP contribution is 2.27. The Morgan fingerprint density at radius 2 is 1.74 bits per heavy atom. The van der Waals surface area contributed by atoms with E-state index in [9.17, 15) is 19.5 Å². The fourth-order valence-corrected chi connectivity index (χ4v) is 3.67. The summed E-state index contributed by atoms with van der Waals surface area (Å²) in [5, 5.41) is 15.9. The Labute approximate surface area is 203 Å². The number of hydrogen-bond acceptors (Lipinski definition) is 5. The number of anilines is 1. The van der Waals surface area contributed by atoms with Crippen LogP contribution in [0.3, 0.4) is 0 Å². The van der Waals surface area contributed by atoms with E-state index >= 15 is 0 Å². The molecule has 0 aromatic heterocycles. The van der Waals surface area contributed by atoms with Gasteiger partial charge in [-0.15, -0.1) is 0 Å². The molecule has 0 saturated carbocycles. The van der Waals surface area contributed by atoms with Gasteiger partial charge in [-0.25, -0.2) is 14.5 Å². The molecule has 1 aliphatic rings. The van der Waals surface area contributed by atoms with E-state index in [4.69, 9.17) is 16.3 Å². The molecule has 2 atom stereocenters. The van der Waals surface area contributed by atoms with E-state index in [1.165, 1.54) is 11.8 Å². The van der Waals surface area contributed by atoms with Crippen molar-refractivity contribution in [2.75, 3.05) is 11.9 Å². The van der Waals surface area contributed by atoms with Gasteiger partial charge >= 0.3 is 18.0 Å². The number of nitrogens with zero attached hydrogens (tertiary/aromatic N) is 2. The number of carbonyl (C=O) groups is 3. The first-order valence-electron chi connectivity index (χ1n) is 10.9. The molecule has 1 aliphatic heterocycles. The van der Waals surface area contributed by atoms with Crippen LogP contribution in [0.15, 0.2) is 48.5 Å². The highest BCUT2D eigenvalue weighted by Gasteiger charge is 2.47. The molecule has 34 heavy (non-hydrogen) atoms. The van der Waals surface area contributed by atoms with Gasteiger partial charge in [0.2, 0.25) is 0 Å². The number of hydrogen-bond donors (Lipinski definition) is 3. The summed E-state index contributed by atoms with van der Waals surface area (Å²) in [7, 11) is 0. The molecule has 3 N–H and O–H groups in total. The molecule has 0 spiro atoms. The number of rotatable bonds is 9. The molecule has 1 heterocycles. The van der Waals surface area contributed by atoms with Gasteiger partial charge in [-0.1, -0.05) is 30.7 Å². The lowest BCUT2D eigenvalue weighted by molar-refractivity contribution is -0.141. The topological polar surface area (TPSA) is 111 Å². The Hall–Kier alpha value is -3.46. The summed E-state index contributed by atoms with van der Waals surface area (Å²) in [6, 6.07) is 12.9. The number of ether oxygens (including phenoxy) is 1. The van der Waals surface area contributed by atoms with Gasteiger partial charge in [0.1, 0.15) is 5.75 Å². The fourth-order valence-electron chi connectivity index (χ4n) is 3.55. The van der Waals surface area contributed by atoms with Crippen LogP contribution in [0.5, 0.6) is 5.75 Å². The minimum Gasteiger partial charge on any atom is -0.491 e. The Morgan fingerprint density at radius 1 is 1.12 bits per heavy atom. The molecular formula is C24H29ClN4O5. The third-order valence-corrected chi connectivity index (χ3v) is 5.59. The lowest BCUT2D eigenvalue weighted by atomic mass is 10.1. The summed E-state index contributed by atoms with van der Waals surface area (Å²) in [6.07, 6.45) is 0.0284. The number of halogens is 1. The van der Waals surface area contributed by atoms with E-state index in [0.29, 0.717) is 16.5 Å².